The molecular weight excluding hydrogens is 409 g/mol. The molecule has 1 N–H and O–H groups in total. The van der Waals surface area contributed by atoms with Gasteiger partial charge in [-0.1, -0.05) is 18.2 Å². The number of nitrogens with zero attached hydrogens (tertiary/aromatic N) is 1. The van der Waals surface area contributed by atoms with Crippen LogP contribution in [0.4, 0.5) is 0 Å². The minimum absolute atomic E-state index is 0. The van der Waals surface area contributed by atoms with Crippen LogP contribution in [0, 0.1) is 0 Å². The van der Waals surface area contributed by atoms with E-state index in [-0.39, 0.29) is 32.9 Å². The first-order valence-corrected chi connectivity index (χ1v) is 6.32. The topological polar surface area (TPSA) is 57.6 Å². The summed E-state index contributed by atoms with van der Waals surface area (Å²) in [5.74, 6) is -0.203. The van der Waals surface area contributed by atoms with Crippen LogP contribution < -0.4 is 0 Å². The molecule has 0 aromatic carbocycles. The molecule has 0 spiro atoms. The molecule has 1 atom stereocenters. The summed E-state index contributed by atoms with van der Waals surface area (Å²) in [5, 5.41) is 0. The van der Waals surface area contributed by atoms with Gasteiger partial charge in [0.15, 0.2) is 0 Å². The van der Waals surface area contributed by atoms with Gasteiger partial charge in [-0.3, -0.25) is 4.55 Å². The van der Waals surface area contributed by atoms with Crippen LogP contribution in [-0.2, 0) is 31.2 Å². The molecule has 1 heterocycles. The third kappa shape index (κ3) is 5.63. The summed E-state index contributed by atoms with van der Waals surface area (Å²) in [6.45, 7) is 4.28. The number of allylic oxidation sites excluding steroid dienone is 2. The summed E-state index contributed by atoms with van der Waals surface area (Å²) in [4.78, 5) is 1.97. The van der Waals surface area contributed by atoms with Crippen molar-refractivity contribution in [3.05, 3.63) is 37.1 Å². The first-order valence-electron chi connectivity index (χ1n) is 4.71. The van der Waals surface area contributed by atoms with E-state index in [2.05, 4.69) is 6.58 Å². The van der Waals surface area contributed by atoms with Crippen LogP contribution in [0.25, 0.3) is 0 Å². The third-order valence-electron chi connectivity index (χ3n) is 2.14. The van der Waals surface area contributed by atoms with E-state index in [0.717, 1.165) is 0 Å². The molecule has 0 fully saturated rings. The van der Waals surface area contributed by atoms with E-state index in [1.165, 1.54) is 0 Å². The molecule has 0 amide bonds. The molecule has 1 unspecified atom stereocenters. The number of hydrogen-bond acceptors (Lipinski definition) is 3. The summed E-state index contributed by atoms with van der Waals surface area (Å²) in [6, 6.07) is 0.108. The Morgan fingerprint density at radius 1 is 1.44 bits per heavy atom. The molecule has 4 nitrogen and oxygen atoms in total. The summed E-state index contributed by atoms with van der Waals surface area (Å²) >= 11 is 0. The minimum Gasteiger partial charge on any atom is -0.368 e. The maximum absolute atomic E-state index is 10.5. The van der Waals surface area contributed by atoms with Crippen molar-refractivity contribution in [3.63, 3.8) is 0 Å². The van der Waals surface area contributed by atoms with Crippen molar-refractivity contribution in [2.45, 2.75) is 12.5 Å². The van der Waals surface area contributed by atoms with Gasteiger partial charge in [0.1, 0.15) is 0 Å². The fourth-order valence-electron chi connectivity index (χ4n) is 1.42. The molecule has 0 saturated carbocycles. The van der Waals surface area contributed by atoms with E-state index < -0.39 is 10.1 Å². The normalized spacial score (nSPS) is 19.3. The van der Waals surface area contributed by atoms with E-state index >= 15 is 0 Å². The van der Waals surface area contributed by atoms with Gasteiger partial charge in [-0.2, -0.15) is 8.42 Å². The molecule has 1 rings (SSSR count). The van der Waals surface area contributed by atoms with Gasteiger partial charge in [-0.05, 0) is 18.7 Å². The van der Waals surface area contributed by atoms with Crippen LogP contribution in [0.5, 0.6) is 0 Å². The Morgan fingerprint density at radius 3 is 2.69 bits per heavy atom. The zero-order valence-electron chi connectivity index (χ0n) is 8.73. The molecule has 0 aromatic heterocycles. The molecule has 0 bridgehead atoms. The Bertz CT molecular complexity index is 376. The Balaban J connectivity index is 0.00000225. The molecule has 0 aliphatic carbocycles. The summed E-state index contributed by atoms with van der Waals surface area (Å²) in [6.07, 6.45) is 9.85. The van der Waals surface area contributed by atoms with E-state index in [0.29, 0.717) is 13.0 Å². The zero-order valence-corrected chi connectivity index (χ0v) is 11.8. The maximum atomic E-state index is 10.5. The Morgan fingerprint density at radius 2 is 2.12 bits per heavy atom. The van der Waals surface area contributed by atoms with E-state index in [1.54, 1.807) is 6.08 Å². The van der Waals surface area contributed by atoms with Gasteiger partial charge in [0.25, 0.3) is 10.1 Å². The van der Waals surface area contributed by atoms with Crippen molar-refractivity contribution in [3.8, 4) is 0 Å². The van der Waals surface area contributed by atoms with Crippen molar-refractivity contribution >= 4 is 10.1 Å². The van der Waals surface area contributed by atoms with Gasteiger partial charge < -0.3 is 4.90 Å². The van der Waals surface area contributed by atoms with Crippen LogP contribution in [0.15, 0.2) is 37.1 Å². The quantitative estimate of drug-likeness (QED) is 0.533. The largest absolute Gasteiger partial charge is 0.368 e. The standard InChI is InChI=1S/C10H15NO3S.Pt/c1-2-10-6-3-4-7-11(10)8-5-9-15(12,13)14;/h2-4,6-7,10H,1,5,8-9H2,(H,12,13,14);. The van der Waals surface area contributed by atoms with Gasteiger partial charge in [0.2, 0.25) is 0 Å². The molecule has 0 saturated heterocycles. The molecule has 16 heavy (non-hydrogen) atoms. The molecule has 0 aromatic rings. The van der Waals surface area contributed by atoms with Crippen molar-refractivity contribution in [1.29, 1.82) is 0 Å². The van der Waals surface area contributed by atoms with Gasteiger partial charge in [-0.25, -0.2) is 0 Å². The molecule has 1 aliphatic rings. The molecular formula is C10H15NO3PtS. The van der Waals surface area contributed by atoms with E-state index in [1.807, 2.05) is 29.3 Å². The van der Waals surface area contributed by atoms with Crippen LogP contribution >= 0.6 is 0 Å². The van der Waals surface area contributed by atoms with Gasteiger partial charge >= 0.3 is 0 Å². The van der Waals surface area contributed by atoms with Gasteiger partial charge in [0.05, 0.1) is 11.8 Å². The monoisotopic (exact) mass is 424 g/mol. The second kappa shape index (κ2) is 7.04. The number of hydrogen-bond donors (Lipinski definition) is 1. The smallest absolute Gasteiger partial charge is 0.264 e. The Kier molecular flexibility index (Phi) is 6.88. The van der Waals surface area contributed by atoms with Crippen molar-refractivity contribution in [2.24, 2.45) is 0 Å². The van der Waals surface area contributed by atoms with Crippen molar-refractivity contribution in [1.82, 2.24) is 4.90 Å². The van der Waals surface area contributed by atoms with Crippen LogP contribution in [0.1, 0.15) is 6.42 Å². The SMILES string of the molecule is C=CC1C=CC=CN1CCCS(=O)(=O)O.[Pt]. The average Bonchev–Trinajstić information content (AvgIpc) is 2.16. The van der Waals surface area contributed by atoms with E-state index in [9.17, 15) is 8.42 Å². The predicted molar refractivity (Wildman–Crippen MR) is 60.0 cm³/mol. The minimum atomic E-state index is -3.84. The fraction of sp³-hybridized carbons (Fsp3) is 0.400. The Labute approximate surface area is 111 Å². The third-order valence-corrected chi connectivity index (χ3v) is 2.94. The molecule has 0 radical (unpaired) electrons. The van der Waals surface area contributed by atoms with Gasteiger partial charge in [-0.15, -0.1) is 6.58 Å². The summed E-state index contributed by atoms with van der Waals surface area (Å²) in [5.41, 5.74) is 0. The van der Waals surface area contributed by atoms with Crippen LogP contribution in [0.2, 0.25) is 0 Å². The zero-order chi connectivity index (χ0) is 11.3. The fourth-order valence-corrected chi connectivity index (χ4v) is 1.91. The van der Waals surface area contributed by atoms with Crippen molar-refractivity contribution < 1.29 is 34.0 Å². The van der Waals surface area contributed by atoms with Crippen LogP contribution in [0.3, 0.4) is 0 Å². The number of rotatable bonds is 5. The molecule has 94 valence electrons. The predicted octanol–water partition coefficient (Wildman–Crippen LogP) is 1.20. The van der Waals surface area contributed by atoms with Crippen molar-refractivity contribution in [2.75, 3.05) is 12.3 Å². The average molecular weight is 424 g/mol. The molecule has 6 heteroatoms. The van der Waals surface area contributed by atoms with Gasteiger partial charge in [0, 0.05) is 27.6 Å². The Hall–Kier alpha value is -0.382. The maximum Gasteiger partial charge on any atom is 0.264 e. The van der Waals surface area contributed by atoms with Crippen LogP contribution in [-0.4, -0.2) is 36.2 Å². The second-order valence-electron chi connectivity index (χ2n) is 3.33. The summed E-state index contributed by atoms with van der Waals surface area (Å²) < 4.78 is 29.6. The first kappa shape index (κ1) is 15.6. The summed E-state index contributed by atoms with van der Waals surface area (Å²) in [7, 11) is -3.84. The second-order valence-corrected chi connectivity index (χ2v) is 4.90. The molecule has 1 aliphatic heterocycles. The first-order chi connectivity index (χ1) is 7.03. The van der Waals surface area contributed by atoms with E-state index in [4.69, 9.17) is 4.55 Å².